The van der Waals surface area contributed by atoms with Gasteiger partial charge in [-0.05, 0) is 25.5 Å². The molecule has 0 spiro atoms. The summed E-state index contributed by atoms with van der Waals surface area (Å²) in [6.07, 6.45) is 0.436. The number of halogens is 1. The maximum Gasteiger partial charge on any atom is 0.308 e. The molecule has 2 rings (SSSR count). The molecule has 1 heterocycles. The largest absolute Gasteiger partial charge is 0.503 e. The molecule has 0 saturated carbocycles. The van der Waals surface area contributed by atoms with Crippen LogP contribution in [0.2, 0.25) is 5.02 Å². The molecule has 1 fully saturated rings. The molecule has 6 nitrogen and oxygen atoms in total. The van der Waals surface area contributed by atoms with Crippen LogP contribution in [0.4, 0.5) is 0 Å². The van der Waals surface area contributed by atoms with E-state index in [0.717, 1.165) is 0 Å². The molecule has 1 aromatic carbocycles. The summed E-state index contributed by atoms with van der Waals surface area (Å²) in [6, 6.07) is 2.77. The molecular formula is C14H16ClNO5. The third-order valence-corrected chi connectivity index (χ3v) is 3.69. The van der Waals surface area contributed by atoms with Gasteiger partial charge in [0.1, 0.15) is 0 Å². The highest BCUT2D eigenvalue weighted by atomic mass is 35.5. The molecule has 1 aliphatic heterocycles. The number of rotatable bonds is 4. The molecule has 0 bridgehead atoms. The van der Waals surface area contributed by atoms with Gasteiger partial charge in [-0.2, -0.15) is 0 Å². The average Bonchev–Trinajstić information content (AvgIpc) is 2.93. The molecule has 1 aliphatic rings. The lowest BCUT2D eigenvalue weighted by atomic mass is 10.1. The molecule has 2 N–H and O–H groups in total. The number of carbonyl (C=O) groups excluding carboxylic acids is 1. The van der Waals surface area contributed by atoms with E-state index in [4.69, 9.17) is 21.4 Å². The van der Waals surface area contributed by atoms with Crippen LogP contribution in [-0.4, -0.2) is 46.7 Å². The lowest BCUT2D eigenvalue weighted by Gasteiger charge is -2.17. The van der Waals surface area contributed by atoms with Crippen LogP contribution < -0.4 is 4.74 Å². The fourth-order valence-electron chi connectivity index (χ4n) is 2.29. The van der Waals surface area contributed by atoms with E-state index in [1.54, 1.807) is 6.92 Å². The quantitative estimate of drug-likeness (QED) is 0.887. The fourth-order valence-corrected chi connectivity index (χ4v) is 2.50. The Morgan fingerprint density at radius 3 is 2.76 bits per heavy atom. The standard InChI is InChI=1S/C14H16ClNO5/c1-2-21-11-6-9(5-10(15)12(11)17)13(18)16-4-3-8(7-16)14(19)20/h5-6,8,17H,2-4,7H2,1H3,(H,19,20). The maximum atomic E-state index is 12.4. The topological polar surface area (TPSA) is 87.1 Å². The molecule has 1 amide bonds. The number of carboxylic acids is 1. The minimum atomic E-state index is -0.899. The highest BCUT2D eigenvalue weighted by Gasteiger charge is 2.31. The number of aliphatic carboxylic acids is 1. The van der Waals surface area contributed by atoms with Gasteiger partial charge in [0.25, 0.3) is 5.91 Å². The molecule has 0 aromatic heterocycles. The van der Waals surface area contributed by atoms with E-state index in [9.17, 15) is 14.7 Å². The van der Waals surface area contributed by atoms with E-state index < -0.39 is 11.9 Å². The van der Waals surface area contributed by atoms with E-state index in [1.807, 2.05) is 0 Å². The lowest BCUT2D eigenvalue weighted by molar-refractivity contribution is -0.141. The Hall–Kier alpha value is -1.95. The Morgan fingerprint density at radius 1 is 1.48 bits per heavy atom. The summed E-state index contributed by atoms with van der Waals surface area (Å²) in [6.45, 7) is 2.64. The molecular weight excluding hydrogens is 298 g/mol. The minimum absolute atomic E-state index is 0.0262. The van der Waals surface area contributed by atoms with Crippen LogP contribution in [0.25, 0.3) is 0 Å². The van der Waals surface area contributed by atoms with Crippen LogP contribution in [0.1, 0.15) is 23.7 Å². The summed E-state index contributed by atoms with van der Waals surface area (Å²) >= 11 is 5.89. The Bertz CT molecular complexity index is 575. The number of phenolic OH excluding ortho intramolecular Hbond substituents is 1. The fraction of sp³-hybridized carbons (Fsp3) is 0.429. The number of hydrogen-bond acceptors (Lipinski definition) is 4. The summed E-state index contributed by atoms with van der Waals surface area (Å²) in [5, 5.41) is 18.7. The first-order valence-electron chi connectivity index (χ1n) is 6.61. The molecule has 1 unspecified atom stereocenters. The van der Waals surface area contributed by atoms with Crippen molar-refractivity contribution in [3.63, 3.8) is 0 Å². The van der Waals surface area contributed by atoms with Gasteiger partial charge in [-0.25, -0.2) is 0 Å². The zero-order valence-electron chi connectivity index (χ0n) is 11.5. The van der Waals surface area contributed by atoms with Crippen LogP contribution in [-0.2, 0) is 4.79 Å². The lowest BCUT2D eigenvalue weighted by Crippen LogP contribution is -2.30. The average molecular weight is 314 g/mol. The Kier molecular flexibility index (Phi) is 4.57. The van der Waals surface area contributed by atoms with E-state index >= 15 is 0 Å². The van der Waals surface area contributed by atoms with Crippen LogP contribution in [0.5, 0.6) is 11.5 Å². The van der Waals surface area contributed by atoms with E-state index in [-0.39, 0.29) is 34.5 Å². The number of carbonyl (C=O) groups is 2. The summed E-state index contributed by atoms with van der Waals surface area (Å²) in [4.78, 5) is 24.8. The van der Waals surface area contributed by atoms with E-state index in [2.05, 4.69) is 0 Å². The van der Waals surface area contributed by atoms with Crippen molar-refractivity contribution in [1.29, 1.82) is 0 Å². The van der Waals surface area contributed by atoms with E-state index in [0.29, 0.717) is 19.6 Å². The van der Waals surface area contributed by atoms with Gasteiger partial charge in [0.2, 0.25) is 0 Å². The van der Waals surface area contributed by atoms with Crippen molar-refractivity contribution < 1.29 is 24.5 Å². The monoisotopic (exact) mass is 313 g/mol. The van der Waals surface area contributed by atoms with Gasteiger partial charge in [0.15, 0.2) is 11.5 Å². The summed E-state index contributed by atoms with van der Waals surface area (Å²) in [7, 11) is 0. The predicted octanol–water partition coefficient (Wildman–Crippen LogP) is 1.99. The van der Waals surface area contributed by atoms with E-state index in [1.165, 1.54) is 17.0 Å². The second kappa shape index (κ2) is 6.22. The highest BCUT2D eigenvalue weighted by Crippen LogP contribution is 2.36. The van der Waals surface area contributed by atoms with Crippen molar-refractivity contribution in [3.05, 3.63) is 22.7 Å². The third-order valence-electron chi connectivity index (χ3n) is 3.40. The predicted molar refractivity (Wildman–Crippen MR) is 75.9 cm³/mol. The van der Waals surface area contributed by atoms with Crippen molar-refractivity contribution in [3.8, 4) is 11.5 Å². The Morgan fingerprint density at radius 2 is 2.19 bits per heavy atom. The van der Waals surface area contributed by atoms with Gasteiger partial charge in [0, 0.05) is 18.7 Å². The number of amides is 1. The van der Waals surface area contributed by atoms with Gasteiger partial charge in [-0.15, -0.1) is 0 Å². The van der Waals surface area contributed by atoms with Gasteiger partial charge < -0.3 is 19.8 Å². The number of carboxylic acid groups (broad SMARTS) is 1. The Labute approximate surface area is 126 Å². The Balaban J connectivity index is 2.22. The molecule has 0 radical (unpaired) electrons. The zero-order valence-corrected chi connectivity index (χ0v) is 12.3. The summed E-state index contributed by atoms with van der Waals surface area (Å²) < 4.78 is 5.23. The first-order valence-corrected chi connectivity index (χ1v) is 6.99. The van der Waals surface area contributed by atoms with Gasteiger partial charge in [-0.1, -0.05) is 11.6 Å². The number of aromatic hydroxyl groups is 1. The molecule has 1 aromatic rings. The molecule has 114 valence electrons. The molecule has 1 saturated heterocycles. The second-order valence-corrected chi connectivity index (χ2v) is 5.22. The van der Waals surface area contributed by atoms with Crippen LogP contribution in [0.15, 0.2) is 12.1 Å². The first kappa shape index (κ1) is 15.4. The number of hydrogen-bond donors (Lipinski definition) is 2. The smallest absolute Gasteiger partial charge is 0.308 e. The van der Waals surface area contributed by atoms with Crippen molar-refractivity contribution >= 4 is 23.5 Å². The molecule has 21 heavy (non-hydrogen) atoms. The summed E-state index contributed by atoms with van der Waals surface area (Å²) in [5.74, 6) is -1.82. The molecule has 1 atom stereocenters. The number of phenols is 1. The second-order valence-electron chi connectivity index (χ2n) is 4.81. The zero-order chi connectivity index (χ0) is 15.6. The van der Waals surface area contributed by atoms with Gasteiger partial charge >= 0.3 is 5.97 Å². The van der Waals surface area contributed by atoms with Crippen LogP contribution in [0, 0.1) is 5.92 Å². The van der Waals surface area contributed by atoms with Crippen molar-refractivity contribution in [2.75, 3.05) is 19.7 Å². The SMILES string of the molecule is CCOc1cc(C(=O)N2CCC(C(=O)O)C2)cc(Cl)c1O. The van der Waals surface area contributed by atoms with Crippen molar-refractivity contribution in [2.45, 2.75) is 13.3 Å². The molecule has 0 aliphatic carbocycles. The minimum Gasteiger partial charge on any atom is -0.503 e. The number of likely N-dealkylation sites (tertiary alicyclic amines) is 1. The van der Waals surface area contributed by atoms with Crippen molar-refractivity contribution in [2.24, 2.45) is 5.92 Å². The third kappa shape index (κ3) is 3.21. The van der Waals surface area contributed by atoms with Crippen LogP contribution in [0.3, 0.4) is 0 Å². The normalized spacial score (nSPS) is 17.8. The van der Waals surface area contributed by atoms with Crippen molar-refractivity contribution in [1.82, 2.24) is 4.90 Å². The van der Waals surface area contributed by atoms with Gasteiger partial charge in [-0.3, -0.25) is 9.59 Å². The molecule has 7 heteroatoms. The van der Waals surface area contributed by atoms with Gasteiger partial charge in [0.05, 0.1) is 17.5 Å². The number of nitrogens with zero attached hydrogens (tertiary/aromatic N) is 1. The first-order chi connectivity index (χ1) is 9.93. The number of ether oxygens (including phenoxy) is 1. The summed E-state index contributed by atoms with van der Waals surface area (Å²) in [5.41, 5.74) is 0.271. The van der Waals surface area contributed by atoms with Crippen LogP contribution >= 0.6 is 11.6 Å². The maximum absolute atomic E-state index is 12.4. The number of benzene rings is 1. The highest BCUT2D eigenvalue weighted by molar-refractivity contribution is 6.32.